The van der Waals surface area contributed by atoms with Crippen molar-refractivity contribution < 1.29 is 9.90 Å². The van der Waals surface area contributed by atoms with E-state index >= 15 is 0 Å². The first-order valence-corrected chi connectivity index (χ1v) is 6.74. The van der Waals surface area contributed by atoms with Crippen LogP contribution < -0.4 is 0 Å². The molecule has 3 heteroatoms. The molecule has 1 N–H and O–H groups in total. The maximum absolute atomic E-state index is 10.4. The summed E-state index contributed by atoms with van der Waals surface area (Å²) in [7, 11) is 0. The fourth-order valence-corrected chi connectivity index (χ4v) is 2.68. The average Bonchev–Trinajstić information content (AvgIpc) is 2.38. The van der Waals surface area contributed by atoms with Gasteiger partial charge in [-0.25, -0.2) is 4.79 Å². The minimum absolute atomic E-state index is 0.346. The molecule has 1 fully saturated rings. The van der Waals surface area contributed by atoms with Crippen LogP contribution in [0.5, 0.6) is 0 Å². The molecule has 0 atom stereocenters. The highest BCUT2D eigenvalue weighted by atomic mass is 35.5. The van der Waals surface area contributed by atoms with Crippen molar-refractivity contribution in [1.29, 1.82) is 0 Å². The maximum Gasteiger partial charge on any atom is 0.328 e. The Morgan fingerprint density at radius 3 is 2.33 bits per heavy atom. The van der Waals surface area contributed by atoms with E-state index in [9.17, 15) is 4.79 Å². The predicted molar refractivity (Wildman–Crippen MR) is 74.0 cm³/mol. The van der Waals surface area contributed by atoms with Gasteiger partial charge in [0.15, 0.2) is 0 Å². The molecule has 1 aromatic rings. The zero-order valence-corrected chi connectivity index (χ0v) is 10.9. The second-order valence-corrected chi connectivity index (χ2v) is 5.40. The molecule has 96 valence electrons. The monoisotopic (exact) mass is 264 g/mol. The summed E-state index contributed by atoms with van der Waals surface area (Å²) in [6.45, 7) is 0. The lowest BCUT2D eigenvalue weighted by Crippen LogP contribution is -2.12. The lowest BCUT2D eigenvalue weighted by atomic mass is 9.83. The molecular weight excluding hydrogens is 248 g/mol. The Bertz CT molecular complexity index is 428. The number of halogens is 1. The van der Waals surface area contributed by atoms with E-state index in [1.54, 1.807) is 6.08 Å². The van der Waals surface area contributed by atoms with Gasteiger partial charge in [0.2, 0.25) is 0 Å². The van der Waals surface area contributed by atoms with Crippen molar-refractivity contribution in [2.75, 3.05) is 0 Å². The largest absolute Gasteiger partial charge is 0.478 e. The summed E-state index contributed by atoms with van der Waals surface area (Å²) in [5.74, 6) is -0.308. The van der Waals surface area contributed by atoms with Crippen LogP contribution in [0.3, 0.4) is 0 Å². The van der Waals surface area contributed by atoms with Gasteiger partial charge in [0, 0.05) is 11.5 Å². The van der Waals surface area contributed by atoms with Crippen molar-refractivity contribution in [2.45, 2.75) is 37.0 Å². The minimum Gasteiger partial charge on any atom is -0.478 e. The SMILES string of the molecule is O=C(O)C=Cc1ccc(C2CCC(Cl)CC2)cc1. The topological polar surface area (TPSA) is 37.3 Å². The Balaban J connectivity index is 2.01. The Morgan fingerprint density at radius 2 is 1.78 bits per heavy atom. The highest BCUT2D eigenvalue weighted by Crippen LogP contribution is 2.34. The molecule has 1 aliphatic carbocycles. The normalized spacial score (nSPS) is 24.3. The number of hydrogen-bond donors (Lipinski definition) is 1. The molecule has 0 spiro atoms. The fraction of sp³-hybridized carbons (Fsp3) is 0.400. The number of benzene rings is 1. The lowest BCUT2D eigenvalue weighted by molar-refractivity contribution is -0.131. The minimum atomic E-state index is -0.917. The van der Waals surface area contributed by atoms with E-state index in [2.05, 4.69) is 12.1 Å². The molecule has 2 rings (SSSR count). The number of hydrogen-bond acceptors (Lipinski definition) is 1. The third-order valence-corrected chi connectivity index (χ3v) is 3.92. The van der Waals surface area contributed by atoms with Gasteiger partial charge in [-0.2, -0.15) is 0 Å². The molecule has 0 heterocycles. The van der Waals surface area contributed by atoms with Crippen LogP contribution >= 0.6 is 11.6 Å². The van der Waals surface area contributed by atoms with Gasteiger partial charge >= 0.3 is 5.97 Å². The molecule has 0 amide bonds. The Morgan fingerprint density at radius 1 is 1.17 bits per heavy atom. The van der Waals surface area contributed by atoms with Gasteiger partial charge < -0.3 is 5.11 Å². The van der Waals surface area contributed by atoms with E-state index in [0.717, 1.165) is 37.3 Å². The van der Waals surface area contributed by atoms with E-state index in [1.165, 1.54) is 5.56 Å². The van der Waals surface area contributed by atoms with Gasteiger partial charge in [0.1, 0.15) is 0 Å². The molecule has 0 radical (unpaired) electrons. The summed E-state index contributed by atoms with van der Waals surface area (Å²) in [6, 6.07) is 8.14. The number of aliphatic carboxylic acids is 1. The van der Waals surface area contributed by atoms with E-state index in [-0.39, 0.29) is 0 Å². The smallest absolute Gasteiger partial charge is 0.328 e. The summed E-state index contributed by atoms with van der Waals surface area (Å²) in [5, 5.41) is 8.91. The third-order valence-electron chi connectivity index (χ3n) is 3.48. The van der Waals surface area contributed by atoms with Gasteiger partial charge in [0.25, 0.3) is 0 Å². The Labute approximate surface area is 112 Å². The quantitative estimate of drug-likeness (QED) is 0.661. The van der Waals surface area contributed by atoms with Gasteiger partial charge in [-0.3, -0.25) is 0 Å². The molecule has 0 bridgehead atoms. The lowest BCUT2D eigenvalue weighted by Gasteiger charge is -2.25. The summed E-state index contributed by atoms with van der Waals surface area (Å²) in [5.41, 5.74) is 2.26. The van der Waals surface area contributed by atoms with Crippen molar-refractivity contribution in [1.82, 2.24) is 0 Å². The first kappa shape index (κ1) is 13.2. The molecule has 0 aliphatic heterocycles. The van der Waals surface area contributed by atoms with Crippen LogP contribution in [-0.4, -0.2) is 16.5 Å². The van der Waals surface area contributed by atoms with Crippen molar-refractivity contribution in [2.24, 2.45) is 0 Å². The molecular formula is C15H17ClO2. The average molecular weight is 265 g/mol. The zero-order valence-electron chi connectivity index (χ0n) is 10.2. The van der Waals surface area contributed by atoms with Crippen molar-refractivity contribution in [3.05, 3.63) is 41.5 Å². The summed E-state index contributed by atoms with van der Waals surface area (Å²) in [4.78, 5) is 10.4. The first-order chi connectivity index (χ1) is 8.65. The van der Waals surface area contributed by atoms with Crippen LogP contribution in [0.15, 0.2) is 30.3 Å². The Hall–Kier alpha value is -1.28. The van der Waals surface area contributed by atoms with Crippen LogP contribution in [0.4, 0.5) is 0 Å². The molecule has 1 aromatic carbocycles. The highest BCUT2D eigenvalue weighted by Gasteiger charge is 2.20. The van der Waals surface area contributed by atoms with E-state index in [4.69, 9.17) is 16.7 Å². The maximum atomic E-state index is 10.4. The summed E-state index contributed by atoms with van der Waals surface area (Å²) < 4.78 is 0. The molecule has 0 aromatic heterocycles. The Kier molecular flexibility index (Phi) is 4.43. The van der Waals surface area contributed by atoms with E-state index < -0.39 is 5.97 Å². The molecule has 0 saturated heterocycles. The predicted octanol–water partition coefficient (Wildman–Crippen LogP) is 4.05. The van der Waals surface area contributed by atoms with Gasteiger partial charge in [-0.05, 0) is 48.8 Å². The van der Waals surface area contributed by atoms with Crippen molar-refractivity contribution >= 4 is 23.6 Å². The van der Waals surface area contributed by atoms with Gasteiger partial charge in [-0.15, -0.1) is 11.6 Å². The second-order valence-electron chi connectivity index (χ2n) is 4.79. The highest BCUT2D eigenvalue weighted by molar-refractivity contribution is 6.20. The van der Waals surface area contributed by atoms with Crippen molar-refractivity contribution in [3.8, 4) is 0 Å². The fourth-order valence-electron chi connectivity index (χ4n) is 2.43. The van der Waals surface area contributed by atoms with Crippen LogP contribution in [0.1, 0.15) is 42.7 Å². The van der Waals surface area contributed by atoms with Crippen LogP contribution in [0.25, 0.3) is 6.08 Å². The number of alkyl halides is 1. The molecule has 0 unspecified atom stereocenters. The van der Waals surface area contributed by atoms with Gasteiger partial charge in [0.05, 0.1) is 0 Å². The zero-order chi connectivity index (χ0) is 13.0. The van der Waals surface area contributed by atoms with Crippen molar-refractivity contribution in [3.63, 3.8) is 0 Å². The first-order valence-electron chi connectivity index (χ1n) is 6.30. The van der Waals surface area contributed by atoms with Crippen LogP contribution in [-0.2, 0) is 4.79 Å². The molecule has 1 aliphatic rings. The van der Waals surface area contributed by atoms with Crippen LogP contribution in [0.2, 0.25) is 0 Å². The second kappa shape index (κ2) is 6.05. The third kappa shape index (κ3) is 3.61. The molecule has 18 heavy (non-hydrogen) atoms. The molecule has 1 saturated carbocycles. The van der Waals surface area contributed by atoms with Crippen LogP contribution in [0, 0.1) is 0 Å². The standard InChI is InChI=1S/C15H17ClO2/c16-14-8-6-13(7-9-14)12-4-1-11(2-5-12)3-10-15(17)18/h1-5,10,13-14H,6-9H2,(H,17,18). The number of carboxylic acids is 1. The number of rotatable bonds is 3. The van der Waals surface area contributed by atoms with E-state index in [0.29, 0.717) is 11.3 Å². The van der Waals surface area contributed by atoms with E-state index in [1.807, 2.05) is 12.1 Å². The number of carboxylic acid groups (broad SMARTS) is 1. The van der Waals surface area contributed by atoms with Gasteiger partial charge in [-0.1, -0.05) is 24.3 Å². The number of carbonyl (C=O) groups is 1. The summed E-state index contributed by atoms with van der Waals surface area (Å²) >= 11 is 6.10. The molecule has 2 nitrogen and oxygen atoms in total. The summed E-state index contributed by atoms with van der Waals surface area (Å²) in [6.07, 6.45) is 7.26.